The Morgan fingerprint density at radius 1 is 1.04 bits per heavy atom. The summed E-state index contributed by atoms with van der Waals surface area (Å²) in [6.07, 6.45) is 0. The van der Waals surface area contributed by atoms with Crippen molar-refractivity contribution in [3.63, 3.8) is 0 Å². The van der Waals surface area contributed by atoms with Crippen LogP contribution in [0.1, 0.15) is 19.4 Å². The average Bonchev–Trinajstić information content (AvgIpc) is 2.75. The largest absolute Gasteiger partial charge is 0.372 e. The van der Waals surface area contributed by atoms with Crippen LogP contribution in [0.25, 0.3) is 0 Å². The molecule has 1 aliphatic heterocycles. The van der Waals surface area contributed by atoms with Gasteiger partial charge < -0.3 is 14.7 Å². The molecule has 28 heavy (non-hydrogen) atoms. The van der Waals surface area contributed by atoms with E-state index in [1.54, 1.807) is 12.1 Å². The molecule has 7 heteroatoms. The van der Waals surface area contributed by atoms with Crippen LogP contribution in [0.15, 0.2) is 48.5 Å². The highest BCUT2D eigenvalue weighted by atomic mass is 32.1. The van der Waals surface area contributed by atoms with Crippen LogP contribution >= 0.6 is 12.2 Å². The molecule has 0 aliphatic carbocycles. The number of hydrogen-bond donors (Lipinski definition) is 0. The van der Waals surface area contributed by atoms with Crippen LogP contribution in [0.3, 0.4) is 0 Å². The van der Waals surface area contributed by atoms with Crippen LogP contribution in [0.5, 0.6) is 0 Å². The van der Waals surface area contributed by atoms with Crippen molar-refractivity contribution in [2.75, 3.05) is 49.1 Å². The number of rotatable bonds is 6. The van der Waals surface area contributed by atoms with Crippen LogP contribution in [0.2, 0.25) is 0 Å². The van der Waals surface area contributed by atoms with Crippen LogP contribution in [0, 0.1) is 10.1 Å². The summed E-state index contributed by atoms with van der Waals surface area (Å²) in [4.78, 5) is 18.4. The van der Waals surface area contributed by atoms with Crippen LogP contribution in [-0.2, 0) is 0 Å². The predicted octanol–water partition coefficient (Wildman–Crippen LogP) is 3.94. The lowest BCUT2D eigenvalue weighted by Gasteiger charge is -2.37. The first-order valence-electron chi connectivity index (χ1n) is 9.67. The lowest BCUT2D eigenvalue weighted by molar-refractivity contribution is -0.384. The molecule has 1 aliphatic rings. The fourth-order valence-corrected chi connectivity index (χ4v) is 3.94. The fourth-order valence-electron chi connectivity index (χ4n) is 3.62. The Hall–Kier alpha value is -2.67. The zero-order valence-electron chi connectivity index (χ0n) is 16.4. The summed E-state index contributed by atoms with van der Waals surface area (Å²) in [5.41, 5.74) is 3.09. The molecule has 0 N–H and O–H groups in total. The van der Waals surface area contributed by atoms with Gasteiger partial charge in [-0.2, -0.15) is 0 Å². The van der Waals surface area contributed by atoms with Gasteiger partial charge in [0.25, 0.3) is 5.69 Å². The van der Waals surface area contributed by atoms with E-state index in [9.17, 15) is 10.1 Å². The molecule has 2 aromatic rings. The second-order valence-corrected chi connectivity index (χ2v) is 7.13. The molecule has 0 saturated carbocycles. The van der Waals surface area contributed by atoms with Crippen LogP contribution in [0.4, 0.5) is 17.1 Å². The SMILES string of the molecule is CCN(CC)c1ccc(C(=S)N2CCN(c3ccccc3[N+](=O)[O-])CC2)cc1. The maximum absolute atomic E-state index is 11.3. The molecule has 1 fully saturated rings. The Morgan fingerprint density at radius 2 is 1.64 bits per heavy atom. The number of piperazine rings is 1. The molecule has 0 bridgehead atoms. The number of nitro groups is 1. The van der Waals surface area contributed by atoms with E-state index in [1.165, 1.54) is 5.69 Å². The summed E-state index contributed by atoms with van der Waals surface area (Å²) >= 11 is 5.71. The lowest BCUT2D eigenvalue weighted by atomic mass is 10.1. The van der Waals surface area contributed by atoms with Crippen LogP contribution in [-0.4, -0.2) is 54.1 Å². The molecule has 1 saturated heterocycles. The fraction of sp³-hybridized carbons (Fsp3) is 0.381. The van der Waals surface area contributed by atoms with E-state index in [4.69, 9.17) is 12.2 Å². The average molecular weight is 399 g/mol. The van der Waals surface area contributed by atoms with Gasteiger partial charge in [-0.05, 0) is 44.2 Å². The number of hydrogen-bond acceptors (Lipinski definition) is 5. The summed E-state index contributed by atoms with van der Waals surface area (Å²) in [5, 5.41) is 11.3. The van der Waals surface area contributed by atoms with Crippen molar-refractivity contribution >= 4 is 34.3 Å². The van der Waals surface area contributed by atoms with E-state index in [0.717, 1.165) is 36.7 Å². The maximum atomic E-state index is 11.3. The monoisotopic (exact) mass is 398 g/mol. The van der Waals surface area contributed by atoms with E-state index in [-0.39, 0.29) is 10.6 Å². The zero-order chi connectivity index (χ0) is 20.1. The van der Waals surface area contributed by atoms with Gasteiger partial charge >= 0.3 is 0 Å². The van der Waals surface area contributed by atoms with Crippen molar-refractivity contribution < 1.29 is 4.92 Å². The molecule has 0 unspecified atom stereocenters. The predicted molar refractivity (Wildman–Crippen MR) is 119 cm³/mol. The molecule has 0 amide bonds. The van der Waals surface area contributed by atoms with Gasteiger partial charge in [0.15, 0.2) is 0 Å². The van der Waals surface area contributed by atoms with Crippen LogP contribution < -0.4 is 9.80 Å². The third kappa shape index (κ3) is 4.25. The van der Waals surface area contributed by atoms with Gasteiger partial charge in [0, 0.05) is 56.6 Å². The van der Waals surface area contributed by atoms with E-state index in [2.05, 4.69) is 52.8 Å². The molecular formula is C21H26N4O2S. The summed E-state index contributed by atoms with van der Waals surface area (Å²) in [6, 6.07) is 15.3. The van der Waals surface area contributed by atoms with Crippen molar-refractivity contribution in [2.45, 2.75) is 13.8 Å². The highest BCUT2D eigenvalue weighted by molar-refractivity contribution is 7.80. The maximum Gasteiger partial charge on any atom is 0.292 e. The highest BCUT2D eigenvalue weighted by Crippen LogP contribution is 2.28. The van der Waals surface area contributed by atoms with Crippen molar-refractivity contribution in [3.8, 4) is 0 Å². The standard InChI is InChI=1S/C21H26N4O2S/c1-3-22(4-2)18-11-9-17(10-12-18)21(28)24-15-13-23(14-16-24)19-7-5-6-8-20(19)25(26)27/h5-12H,3-4,13-16H2,1-2H3. The molecule has 2 aromatic carbocycles. The molecule has 1 heterocycles. The number of nitro benzene ring substituents is 1. The van der Waals surface area contributed by atoms with Crippen molar-refractivity contribution in [1.29, 1.82) is 0 Å². The number of anilines is 2. The van der Waals surface area contributed by atoms with Crippen molar-refractivity contribution in [3.05, 3.63) is 64.2 Å². The van der Waals surface area contributed by atoms with Gasteiger partial charge in [-0.1, -0.05) is 24.4 Å². The number of benzene rings is 2. The first-order chi connectivity index (χ1) is 13.5. The number of nitrogens with zero attached hydrogens (tertiary/aromatic N) is 4. The molecule has 148 valence electrons. The van der Waals surface area contributed by atoms with E-state index < -0.39 is 0 Å². The Kier molecular flexibility index (Phi) is 6.46. The third-order valence-electron chi connectivity index (χ3n) is 5.23. The Labute approximate surface area is 171 Å². The molecule has 6 nitrogen and oxygen atoms in total. The third-order valence-corrected chi connectivity index (χ3v) is 5.72. The van der Waals surface area contributed by atoms with Gasteiger partial charge in [0.05, 0.1) is 4.92 Å². The smallest absolute Gasteiger partial charge is 0.292 e. The second kappa shape index (κ2) is 9.01. The first kappa shape index (κ1) is 20.1. The van der Waals surface area contributed by atoms with Gasteiger partial charge in [-0.15, -0.1) is 0 Å². The molecule has 0 aromatic heterocycles. The molecular weight excluding hydrogens is 372 g/mol. The van der Waals surface area contributed by atoms with E-state index >= 15 is 0 Å². The topological polar surface area (TPSA) is 52.9 Å². The summed E-state index contributed by atoms with van der Waals surface area (Å²) < 4.78 is 0. The van der Waals surface area contributed by atoms with E-state index in [0.29, 0.717) is 18.8 Å². The van der Waals surface area contributed by atoms with Gasteiger partial charge in [-0.25, -0.2) is 0 Å². The number of thiocarbonyl (C=S) groups is 1. The molecule has 0 spiro atoms. The first-order valence-corrected chi connectivity index (χ1v) is 10.1. The minimum absolute atomic E-state index is 0.158. The van der Waals surface area contributed by atoms with E-state index in [1.807, 2.05) is 12.1 Å². The second-order valence-electron chi connectivity index (χ2n) is 6.74. The van der Waals surface area contributed by atoms with Crippen molar-refractivity contribution in [2.24, 2.45) is 0 Å². The lowest BCUT2D eigenvalue weighted by Crippen LogP contribution is -2.48. The Balaban J connectivity index is 1.65. The van der Waals surface area contributed by atoms with Gasteiger partial charge in [0.2, 0.25) is 0 Å². The summed E-state index contributed by atoms with van der Waals surface area (Å²) in [7, 11) is 0. The van der Waals surface area contributed by atoms with Gasteiger partial charge in [-0.3, -0.25) is 10.1 Å². The summed E-state index contributed by atoms with van der Waals surface area (Å²) in [6.45, 7) is 9.19. The molecule has 0 radical (unpaired) electrons. The minimum Gasteiger partial charge on any atom is -0.372 e. The highest BCUT2D eigenvalue weighted by Gasteiger charge is 2.24. The Morgan fingerprint density at radius 3 is 2.21 bits per heavy atom. The van der Waals surface area contributed by atoms with Gasteiger partial charge in [0.1, 0.15) is 10.7 Å². The van der Waals surface area contributed by atoms with Crippen molar-refractivity contribution in [1.82, 2.24) is 4.90 Å². The quantitative estimate of drug-likeness (QED) is 0.417. The molecule has 3 rings (SSSR count). The summed E-state index contributed by atoms with van der Waals surface area (Å²) in [5.74, 6) is 0. The molecule has 0 atom stereocenters. The Bertz CT molecular complexity index is 829. The minimum atomic E-state index is -0.316. The normalized spacial score (nSPS) is 14.1. The number of para-hydroxylation sites is 2. The zero-order valence-corrected chi connectivity index (χ0v) is 17.2.